The Bertz CT molecular complexity index is 1170. The lowest BCUT2D eigenvalue weighted by Gasteiger charge is -2.42. The van der Waals surface area contributed by atoms with E-state index in [1.807, 2.05) is 19.9 Å². The fraction of sp³-hybridized carbons (Fsp3) is 0.480. The van der Waals surface area contributed by atoms with E-state index in [-0.39, 0.29) is 16.7 Å². The van der Waals surface area contributed by atoms with Crippen molar-refractivity contribution < 1.29 is 26.4 Å². The van der Waals surface area contributed by atoms with Crippen LogP contribution >= 0.6 is 11.6 Å². The number of likely N-dealkylation sites (tertiary alicyclic amines) is 1. The van der Waals surface area contributed by atoms with Crippen molar-refractivity contribution in [2.45, 2.75) is 61.8 Å². The molecule has 2 aromatic rings. The standard InChI is InChI=1S/C25H29ClF3NO3S/c1-23(2,18-7-5-9-20(26)15-18)22(31)30-13-11-17(12-14-30)24(3,4)34(32,33)21-10-6-8-19(16-21)25(27,28)29/h5-10,15-17H,11-14H2,1-4H3. The first-order valence-electron chi connectivity index (χ1n) is 11.1. The molecule has 1 amide bonds. The topological polar surface area (TPSA) is 54.5 Å². The maximum atomic E-state index is 13.4. The van der Waals surface area contributed by atoms with Gasteiger partial charge in [0.2, 0.25) is 5.91 Å². The summed E-state index contributed by atoms with van der Waals surface area (Å²) in [4.78, 5) is 14.7. The molecule has 0 aliphatic carbocycles. The van der Waals surface area contributed by atoms with Gasteiger partial charge in [0.15, 0.2) is 9.84 Å². The first kappa shape index (κ1) is 26.5. The first-order chi connectivity index (χ1) is 15.6. The van der Waals surface area contributed by atoms with Gasteiger partial charge in [-0.25, -0.2) is 8.42 Å². The highest BCUT2D eigenvalue weighted by Gasteiger charge is 2.46. The molecule has 9 heteroatoms. The Kier molecular flexibility index (Phi) is 7.17. The molecule has 0 bridgehead atoms. The number of halogens is 4. The van der Waals surface area contributed by atoms with E-state index in [2.05, 4.69) is 0 Å². The second-order valence-corrected chi connectivity index (χ2v) is 12.8. The molecule has 3 rings (SSSR count). The van der Waals surface area contributed by atoms with Crippen LogP contribution in [-0.2, 0) is 26.2 Å². The summed E-state index contributed by atoms with van der Waals surface area (Å²) in [5.74, 6) is -0.392. The van der Waals surface area contributed by atoms with E-state index in [0.29, 0.717) is 37.0 Å². The quantitative estimate of drug-likeness (QED) is 0.481. The van der Waals surface area contributed by atoms with Crippen LogP contribution in [0.15, 0.2) is 53.4 Å². The van der Waals surface area contributed by atoms with Crippen molar-refractivity contribution in [3.63, 3.8) is 0 Å². The predicted molar refractivity (Wildman–Crippen MR) is 126 cm³/mol. The van der Waals surface area contributed by atoms with Crippen LogP contribution in [0, 0.1) is 5.92 Å². The fourth-order valence-electron chi connectivity index (χ4n) is 4.54. The van der Waals surface area contributed by atoms with Gasteiger partial charge in [-0.2, -0.15) is 13.2 Å². The summed E-state index contributed by atoms with van der Waals surface area (Å²) in [6.07, 6.45) is -3.76. The Morgan fingerprint density at radius 1 is 0.941 bits per heavy atom. The second kappa shape index (κ2) is 9.19. The Morgan fingerprint density at radius 2 is 1.50 bits per heavy atom. The lowest BCUT2D eigenvalue weighted by Crippen LogP contribution is -2.51. The maximum Gasteiger partial charge on any atom is 0.416 e. The molecule has 1 aliphatic heterocycles. The number of carbonyl (C=O) groups excluding carboxylic acids is 1. The van der Waals surface area contributed by atoms with Gasteiger partial charge in [-0.05, 0) is 82.3 Å². The van der Waals surface area contributed by atoms with Crippen LogP contribution in [0.25, 0.3) is 0 Å². The third-order valence-electron chi connectivity index (χ3n) is 7.01. The van der Waals surface area contributed by atoms with E-state index in [4.69, 9.17) is 11.6 Å². The summed E-state index contributed by atoms with van der Waals surface area (Å²) in [5, 5.41) is 0.540. The number of hydrogen-bond donors (Lipinski definition) is 0. The van der Waals surface area contributed by atoms with Gasteiger partial charge in [0.1, 0.15) is 0 Å². The normalized spacial score (nSPS) is 16.5. The smallest absolute Gasteiger partial charge is 0.342 e. The summed E-state index contributed by atoms with van der Waals surface area (Å²) >= 11 is 6.09. The molecule has 4 nitrogen and oxygen atoms in total. The average Bonchev–Trinajstić information content (AvgIpc) is 2.78. The minimum Gasteiger partial charge on any atom is -0.342 e. The van der Waals surface area contributed by atoms with Gasteiger partial charge in [0.25, 0.3) is 0 Å². The van der Waals surface area contributed by atoms with Gasteiger partial charge in [-0.3, -0.25) is 4.79 Å². The number of hydrogen-bond acceptors (Lipinski definition) is 3. The molecule has 1 aliphatic rings. The number of carbonyl (C=O) groups is 1. The molecule has 0 aromatic heterocycles. The average molecular weight is 516 g/mol. The molecule has 0 unspecified atom stereocenters. The summed E-state index contributed by atoms with van der Waals surface area (Å²) in [6, 6.07) is 11.0. The highest BCUT2D eigenvalue weighted by Crippen LogP contribution is 2.40. The van der Waals surface area contributed by atoms with Crippen molar-refractivity contribution in [1.82, 2.24) is 4.90 Å². The van der Waals surface area contributed by atoms with Crippen molar-refractivity contribution in [2.24, 2.45) is 5.92 Å². The van der Waals surface area contributed by atoms with Crippen LogP contribution in [0.3, 0.4) is 0 Å². The summed E-state index contributed by atoms with van der Waals surface area (Å²) in [5.41, 5.74) is -1.01. The molecule has 1 fully saturated rings. The maximum absolute atomic E-state index is 13.4. The van der Waals surface area contributed by atoms with Crippen LogP contribution in [0.4, 0.5) is 13.2 Å². The van der Waals surface area contributed by atoms with Crippen molar-refractivity contribution >= 4 is 27.3 Å². The van der Waals surface area contributed by atoms with Crippen molar-refractivity contribution in [3.05, 3.63) is 64.7 Å². The van der Waals surface area contributed by atoms with Gasteiger partial charge >= 0.3 is 6.18 Å². The summed E-state index contributed by atoms with van der Waals surface area (Å²) in [6.45, 7) is 7.51. The molecule has 0 N–H and O–H groups in total. The Labute approximate surface area is 204 Å². The van der Waals surface area contributed by atoms with Gasteiger partial charge in [-0.1, -0.05) is 29.8 Å². The number of benzene rings is 2. The zero-order valence-electron chi connectivity index (χ0n) is 19.6. The SMILES string of the molecule is CC(C)(C(=O)N1CCC(C(C)(C)S(=O)(=O)c2cccc(C(F)(F)F)c2)CC1)c1cccc(Cl)c1. The van der Waals surface area contributed by atoms with Crippen LogP contribution < -0.4 is 0 Å². The number of piperidine rings is 1. The van der Waals surface area contributed by atoms with Crippen molar-refractivity contribution in [3.8, 4) is 0 Å². The zero-order valence-corrected chi connectivity index (χ0v) is 21.2. The summed E-state index contributed by atoms with van der Waals surface area (Å²) in [7, 11) is -4.05. The van der Waals surface area contributed by atoms with Gasteiger partial charge in [0.05, 0.1) is 20.6 Å². The number of rotatable bonds is 5. The molecule has 0 spiro atoms. The monoisotopic (exact) mass is 515 g/mol. The molecule has 186 valence electrons. The van der Waals surface area contributed by atoms with Gasteiger partial charge in [-0.15, -0.1) is 0 Å². The van der Waals surface area contributed by atoms with Crippen LogP contribution in [0.5, 0.6) is 0 Å². The van der Waals surface area contributed by atoms with E-state index < -0.39 is 31.7 Å². The molecule has 0 atom stereocenters. The van der Waals surface area contributed by atoms with E-state index in [9.17, 15) is 26.4 Å². The molecular formula is C25H29ClF3NO3S. The fourth-order valence-corrected chi connectivity index (χ4v) is 6.55. The first-order valence-corrected chi connectivity index (χ1v) is 12.9. The summed E-state index contributed by atoms with van der Waals surface area (Å²) < 4.78 is 64.8. The van der Waals surface area contributed by atoms with E-state index in [0.717, 1.165) is 17.7 Å². The van der Waals surface area contributed by atoms with Crippen LogP contribution in [0.2, 0.25) is 5.02 Å². The van der Waals surface area contributed by atoms with Crippen molar-refractivity contribution in [1.29, 1.82) is 0 Å². The van der Waals surface area contributed by atoms with Crippen LogP contribution in [-0.4, -0.2) is 37.1 Å². The Hall–Kier alpha value is -2.06. The van der Waals surface area contributed by atoms with Crippen LogP contribution in [0.1, 0.15) is 51.7 Å². The Balaban J connectivity index is 1.77. The molecule has 34 heavy (non-hydrogen) atoms. The largest absolute Gasteiger partial charge is 0.416 e. The molecule has 0 saturated carbocycles. The zero-order chi connectivity index (χ0) is 25.5. The molecule has 2 aromatic carbocycles. The number of nitrogens with zero attached hydrogens (tertiary/aromatic N) is 1. The third-order valence-corrected chi connectivity index (χ3v) is 9.84. The molecule has 1 saturated heterocycles. The minimum atomic E-state index is -4.63. The van der Waals surface area contributed by atoms with E-state index >= 15 is 0 Å². The van der Waals surface area contributed by atoms with Crippen molar-refractivity contribution in [2.75, 3.05) is 13.1 Å². The minimum absolute atomic E-state index is 0.0771. The number of amides is 1. The highest BCUT2D eigenvalue weighted by atomic mass is 35.5. The predicted octanol–water partition coefficient (Wildman–Crippen LogP) is 6.13. The lowest BCUT2D eigenvalue weighted by molar-refractivity contribution is -0.138. The second-order valence-electron chi connectivity index (χ2n) is 9.83. The molecular weight excluding hydrogens is 487 g/mol. The third kappa shape index (κ3) is 4.98. The Morgan fingerprint density at radius 3 is 2.06 bits per heavy atom. The molecule has 1 heterocycles. The highest BCUT2D eigenvalue weighted by molar-refractivity contribution is 7.92. The van der Waals surface area contributed by atoms with E-state index in [1.54, 1.807) is 36.9 Å². The van der Waals surface area contributed by atoms with Gasteiger partial charge < -0.3 is 4.90 Å². The van der Waals surface area contributed by atoms with Gasteiger partial charge in [0, 0.05) is 18.1 Å². The lowest BCUT2D eigenvalue weighted by atomic mass is 9.81. The number of sulfone groups is 1. The molecule has 0 radical (unpaired) electrons. The van der Waals surface area contributed by atoms with E-state index in [1.165, 1.54) is 6.07 Å². The number of alkyl halides is 3.